The summed E-state index contributed by atoms with van der Waals surface area (Å²) in [5.41, 5.74) is 1.72. The Morgan fingerprint density at radius 3 is 2.72 bits per heavy atom. The molecule has 0 fully saturated rings. The zero-order chi connectivity index (χ0) is 13.4. The van der Waals surface area contributed by atoms with E-state index in [-0.39, 0.29) is 5.82 Å². The summed E-state index contributed by atoms with van der Waals surface area (Å²) < 4.78 is 13.1. The van der Waals surface area contributed by atoms with Gasteiger partial charge in [-0.2, -0.15) is 0 Å². The van der Waals surface area contributed by atoms with Gasteiger partial charge in [-0.3, -0.25) is 4.99 Å². The molecule has 4 heteroatoms. The van der Waals surface area contributed by atoms with E-state index < -0.39 is 0 Å². The summed E-state index contributed by atoms with van der Waals surface area (Å²) in [5, 5.41) is 6.44. The molecule has 0 atom stereocenters. The first-order valence-corrected chi connectivity index (χ1v) is 6.37. The zero-order valence-corrected chi connectivity index (χ0v) is 11.4. The number of hydrogen-bond acceptors (Lipinski definition) is 1. The van der Waals surface area contributed by atoms with Crippen LogP contribution in [0.25, 0.3) is 0 Å². The lowest BCUT2D eigenvalue weighted by Gasteiger charge is -2.12. The average Bonchev–Trinajstić information content (AvgIpc) is 2.37. The molecular formula is C14H22FN3. The maximum Gasteiger partial charge on any atom is 0.191 e. The molecule has 0 aliphatic carbocycles. The number of hydrogen-bond donors (Lipinski definition) is 2. The maximum atomic E-state index is 13.1. The number of benzene rings is 1. The van der Waals surface area contributed by atoms with Crippen LogP contribution in [-0.4, -0.2) is 19.6 Å². The van der Waals surface area contributed by atoms with Crippen LogP contribution < -0.4 is 10.6 Å². The van der Waals surface area contributed by atoms with Crippen molar-refractivity contribution in [3.8, 4) is 0 Å². The third-order valence-corrected chi connectivity index (χ3v) is 2.73. The molecule has 0 aliphatic rings. The van der Waals surface area contributed by atoms with E-state index in [1.165, 1.54) is 6.07 Å². The summed E-state index contributed by atoms with van der Waals surface area (Å²) >= 11 is 0. The van der Waals surface area contributed by atoms with Crippen LogP contribution in [0.2, 0.25) is 0 Å². The van der Waals surface area contributed by atoms with E-state index in [1.807, 2.05) is 6.07 Å². The molecule has 0 saturated carbocycles. The van der Waals surface area contributed by atoms with Gasteiger partial charge in [0.15, 0.2) is 5.96 Å². The van der Waals surface area contributed by atoms with Gasteiger partial charge in [0.05, 0.1) is 0 Å². The Hall–Kier alpha value is -1.58. The third-order valence-electron chi connectivity index (χ3n) is 2.73. The largest absolute Gasteiger partial charge is 0.356 e. The summed E-state index contributed by atoms with van der Waals surface area (Å²) in [4.78, 5) is 4.14. The number of guanidine groups is 1. The van der Waals surface area contributed by atoms with Gasteiger partial charge in [0.2, 0.25) is 0 Å². The van der Waals surface area contributed by atoms with Crippen molar-refractivity contribution in [3.05, 3.63) is 35.1 Å². The number of halogens is 1. The molecular weight excluding hydrogens is 229 g/mol. The van der Waals surface area contributed by atoms with Gasteiger partial charge < -0.3 is 10.6 Å². The predicted molar refractivity (Wildman–Crippen MR) is 74.2 cm³/mol. The summed E-state index contributed by atoms with van der Waals surface area (Å²) in [6, 6.07) is 5.13. The molecule has 0 bridgehead atoms. The van der Waals surface area contributed by atoms with Crippen molar-refractivity contribution >= 4 is 5.96 Å². The minimum Gasteiger partial charge on any atom is -0.356 e. The average molecular weight is 251 g/mol. The summed E-state index contributed by atoms with van der Waals surface area (Å²) in [6.45, 7) is 5.48. The third kappa shape index (κ3) is 4.73. The first-order valence-electron chi connectivity index (χ1n) is 6.37. The van der Waals surface area contributed by atoms with Gasteiger partial charge in [0.25, 0.3) is 0 Å². The number of aliphatic imine (C=N–C) groups is 1. The number of rotatable bonds is 5. The Balaban J connectivity index is 2.45. The van der Waals surface area contributed by atoms with Crippen LogP contribution in [0.15, 0.2) is 23.2 Å². The second-order valence-corrected chi connectivity index (χ2v) is 4.29. The van der Waals surface area contributed by atoms with Gasteiger partial charge in [-0.05, 0) is 30.5 Å². The normalized spacial score (nSPS) is 11.4. The van der Waals surface area contributed by atoms with E-state index in [2.05, 4.69) is 22.5 Å². The van der Waals surface area contributed by atoms with Crippen LogP contribution >= 0.6 is 0 Å². The number of aryl methyl sites for hydroxylation is 1. The SMILES string of the molecule is CCCCNC(=NC)NCc1ccc(F)c(C)c1. The first kappa shape index (κ1) is 14.5. The lowest BCUT2D eigenvalue weighted by molar-refractivity contribution is 0.617. The van der Waals surface area contributed by atoms with Crippen LogP contribution in [0, 0.1) is 12.7 Å². The molecule has 0 heterocycles. The second kappa shape index (κ2) is 7.69. The minimum atomic E-state index is -0.163. The molecule has 0 saturated heterocycles. The van der Waals surface area contributed by atoms with E-state index in [4.69, 9.17) is 0 Å². The molecule has 100 valence electrons. The Morgan fingerprint density at radius 1 is 1.33 bits per heavy atom. The fraction of sp³-hybridized carbons (Fsp3) is 0.500. The molecule has 18 heavy (non-hydrogen) atoms. The molecule has 0 aromatic heterocycles. The first-order chi connectivity index (χ1) is 8.67. The molecule has 1 aromatic rings. The van der Waals surface area contributed by atoms with Crippen molar-refractivity contribution in [2.45, 2.75) is 33.2 Å². The highest BCUT2D eigenvalue weighted by molar-refractivity contribution is 5.79. The quantitative estimate of drug-likeness (QED) is 0.479. The van der Waals surface area contributed by atoms with Crippen LogP contribution in [0.5, 0.6) is 0 Å². The lowest BCUT2D eigenvalue weighted by Crippen LogP contribution is -2.37. The van der Waals surface area contributed by atoms with Crippen molar-refractivity contribution in [2.75, 3.05) is 13.6 Å². The van der Waals surface area contributed by atoms with Crippen molar-refractivity contribution in [3.63, 3.8) is 0 Å². The maximum absolute atomic E-state index is 13.1. The molecule has 1 aromatic carbocycles. The van der Waals surface area contributed by atoms with Gasteiger partial charge in [-0.1, -0.05) is 25.5 Å². The van der Waals surface area contributed by atoms with Crippen LogP contribution in [-0.2, 0) is 6.54 Å². The van der Waals surface area contributed by atoms with Crippen LogP contribution in [0.1, 0.15) is 30.9 Å². The molecule has 2 N–H and O–H groups in total. The number of nitrogens with zero attached hydrogens (tertiary/aromatic N) is 1. The van der Waals surface area contributed by atoms with Crippen molar-refractivity contribution < 1.29 is 4.39 Å². The fourth-order valence-corrected chi connectivity index (χ4v) is 1.61. The van der Waals surface area contributed by atoms with Gasteiger partial charge >= 0.3 is 0 Å². The van der Waals surface area contributed by atoms with Gasteiger partial charge in [0.1, 0.15) is 5.82 Å². The van der Waals surface area contributed by atoms with Crippen molar-refractivity contribution in [2.24, 2.45) is 4.99 Å². The molecule has 3 nitrogen and oxygen atoms in total. The van der Waals surface area contributed by atoms with E-state index in [9.17, 15) is 4.39 Å². The molecule has 0 radical (unpaired) electrons. The highest BCUT2D eigenvalue weighted by atomic mass is 19.1. The predicted octanol–water partition coefficient (Wildman–Crippen LogP) is 2.60. The molecule has 0 unspecified atom stereocenters. The Kier molecular flexibility index (Phi) is 6.19. The standard InChI is InChI=1S/C14H22FN3/c1-4-5-8-17-14(16-3)18-10-12-6-7-13(15)11(2)9-12/h6-7,9H,4-5,8,10H2,1-3H3,(H2,16,17,18). The van der Waals surface area contributed by atoms with Crippen LogP contribution in [0.4, 0.5) is 4.39 Å². The summed E-state index contributed by atoms with van der Waals surface area (Å²) in [6.07, 6.45) is 2.28. The number of nitrogens with one attached hydrogen (secondary N) is 2. The molecule has 0 spiro atoms. The second-order valence-electron chi connectivity index (χ2n) is 4.29. The Bertz CT molecular complexity index is 402. The summed E-state index contributed by atoms with van der Waals surface area (Å²) in [5.74, 6) is 0.620. The Labute approximate surface area is 109 Å². The smallest absolute Gasteiger partial charge is 0.191 e. The Morgan fingerprint density at radius 2 is 2.11 bits per heavy atom. The van der Waals surface area contributed by atoms with Gasteiger partial charge in [-0.15, -0.1) is 0 Å². The monoisotopic (exact) mass is 251 g/mol. The molecule has 1 rings (SSSR count). The summed E-state index contributed by atoms with van der Waals surface area (Å²) in [7, 11) is 1.75. The topological polar surface area (TPSA) is 36.4 Å². The highest BCUT2D eigenvalue weighted by Gasteiger charge is 2.00. The highest BCUT2D eigenvalue weighted by Crippen LogP contribution is 2.08. The van der Waals surface area contributed by atoms with Crippen molar-refractivity contribution in [1.29, 1.82) is 0 Å². The van der Waals surface area contributed by atoms with Crippen molar-refractivity contribution in [1.82, 2.24) is 10.6 Å². The minimum absolute atomic E-state index is 0.163. The van der Waals surface area contributed by atoms with E-state index in [0.717, 1.165) is 30.9 Å². The van der Waals surface area contributed by atoms with Crippen LogP contribution in [0.3, 0.4) is 0 Å². The van der Waals surface area contributed by atoms with Gasteiger partial charge in [0, 0.05) is 20.1 Å². The zero-order valence-electron chi connectivity index (χ0n) is 11.4. The fourth-order valence-electron chi connectivity index (χ4n) is 1.61. The lowest BCUT2D eigenvalue weighted by atomic mass is 10.1. The molecule has 0 aliphatic heterocycles. The van der Waals surface area contributed by atoms with Gasteiger partial charge in [-0.25, -0.2) is 4.39 Å². The molecule has 0 amide bonds. The van der Waals surface area contributed by atoms with E-state index >= 15 is 0 Å². The van der Waals surface area contributed by atoms with E-state index in [1.54, 1.807) is 20.0 Å². The number of unbranched alkanes of at least 4 members (excludes halogenated alkanes) is 1. The van der Waals surface area contributed by atoms with E-state index in [0.29, 0.717) is 12.1 Å².